The molecule has 0 saturated carbocycles. The van der Waals surface area contributed by atoms with E-state index in [1.165, 1.54) is 28.8 Å². The molecule has 0 aromatic heterocycles. The molecule has 2 aromatic carbocycles. The molecule has 3 rings (SSSR count). The molecule has 0 radical (unpaired) electrons. The number of rotatable bonds is 4. The number of hydrogen-bond acceptors (Lipinski definition) is 3. The molecule has 1 aliphatic heterocycles. The van der Waals surface area contributed by atoms with Gasteiger partial charge in [0.2, 0.25) is 5.91 Å². The fourth-order valence-corrected chi connectivity index (χ4v) is 3.63. The first kappa shape index (κ1) is 16.5. The number of thioether (sulfide) groups is 1. The monoisotopic (exact) mass is 344 g/mol. The number of benzene rings is 2. The van der Waals surface area contributed by atoms with Gasteiger partial charge in [-0.1, -0.05) is 42.1 Å². The molecule has 3 amide bonds. The Morgan fingerprint density at radius 1 is 1.21 bits per heavy atom. The molecule has 124 valence electrons. The Morgan fingerprint density at radius 2 is 1.88 bits per heavy atom. The number of urea groups is 1. The zero-order valence-corrected chi connectivity index (χ0v) is 13.9. The van der Waals surface area contributed by atoms with Gasteiger partial charge in [-0.2, -0.15) is 0 Å². The third-order valence-electron chi connectivity index (χ3n) is 3.85. The number of amides is 3. The van der Waals surface area contributed by atoms with Crippen molar-refractivity contribution in [2.45, 2.75) is 29.7 Å². The van der Waals surface area contributed by atoms with Crippen LogP contribution in [0.5, 0.6) is 0 Å². The average molecular weight is 344 g/mol. The van der Waals surface area contributed by atoms with Crippen LogP contribution >= 0.6 is 11.8 Å². The summed E-state index contributed by atoms with van der Waals surface area (Å²) >= 11 is 1.38. The van der Waals surface area contributed by atoms with Crippen molar-refractivity contribution in [2.75, 3.05) is 0 Å². The fourth-order valence-electron chi connectivity index (χ4n) is 2.48. The lowest BCUT2D eigenvalue weighted by Crippen LogP contribution is -2.57. The van der Waals surface area contributed by atoms with Gasteiger partial charge >= 0.3 is 6.03 Å². The molecule has 1 aliphatic rings. The molecule has 0 unspecified atom stereocenters. The second-order valence-electron chi connectivity index (χ2n) is 5.58. The summed E-state index contributed by atoms with van der Waals surface area (Å²) < 4.78 is 13.0. The lowest BCUT2D eigenvalue weighted by Gasteiger charge is -2.38. The molecule has 4 nitrogen and oxygen atoms in total. The first-order chi connectivity index (χ1) is 11.5. The van der Waals surface area contributed by atoms with E-state index in [9.17, 15) is 14.0 Å². The molecule has 2 aromatic rings. The first-order valence-corrected chi connectivity index (χ1v) is 8.52. The molecule has 1 fully saturated rings. The minimum absolute atomic E-state index is 0.191. The minimum Gasteiger partial charge on any atom is -0.331 e. The molecule has 6 heteroatoms. The zero-order valence-electron chi connectivity index (χ0n) is 13.1. The Morgan fingerprint density at radius 3 is 2.50 bits per heavy atom. The number of likely N-dealkylation sites (tertiary alicyclic amines) is 1. The minimum atomic E-state index is -0.401. The van der Waals surface area contributed by atoms with E-state index in [4.69, 9.17) is 0 Å². The van der Waals surface area contributed by atoms with E-state index in [2.05, 4.69) is 5.32 Å². The summed E-state index contributed by atoms with van der Waals surface area (Å²) in [7, 11) is 0. The van der Waals surface area contributed by atoms with Gasteiger partial charge in [-0.05, 0) is 36.8 Å². The number of nitrogens with zero attached hydrogens (tertiary/aromatic N) is 1. The van der Waals surface area contributed by atoms with Crippen molar-refractivity contribution in [3.8, 4) is 0 Å². The topological polar surface area (TPSA) is 49.4 Å². The SMILES string of the molecule is C[C@@H](NC(=O)N1C(=O)C[C@@H]1Sc1ccc(F)cc1)c1ccccc1. The highest BCUT2D eigenvalue weighted by Crippen LogP contribution is 2.35. The number of imide groups is 1. The van der Waals surface area contributed by atoms with Crippen LogP contribution in [0.1, 0.15) is 24.9 Å². The molecule has 0 aliphatic carbocycles. The normalized spacial score (nSPS) is 18.0. The average Bonchev–Trinajstić information content (AvgIpc) is 2.56. The highest BCUT2D eigenvalue weighted by molar-refractivity contribution is 8.00. The predicted octanol–water partition coefficient (Wildman–Crippen LogP) is 3.95. The van der Waals surface area contributed by atoms with Gasteiger partial charge in [0.05, 0.1) is 12.5 Å². The highest BCUT2D eigenvalue weighted by atomic mass is 32.2. The molecular formula is C18H17FN2O2S. The maximum Gasteiger partial charge on any atom is 0.325 e. The van der Waals surface area contributed by atoms with Crippen LogP contribution in [0.4, 0.5) is 9.18 Å². The zero-order chi connectivity index (χ0) is 17.1. The molecule has 24 heavy (non-hydrogen) atoms. The van der Waals surface area contributed by atoms with Gasteiger partial charge in [0, 0.05) is 4.90 Å². The van der Waals surface area contributed by atoms with Gasteiger partial charge in [-0.15, -0.1) is 0 Å². The Labute approximate surface area is 144 Å². The summed E-state index contributed by atoms with van der Waals surface area (Å²) in [6.07, 6.45) is 0.301. The summed E-state index contributed by atoms with van der Waals surface area (Å²) in [6.45, 7) is 1.87. The maximum atomic E-state index is 13.0. The summed E-state index contributed by atoms with van der Waals surface area (Å²) in [4.78, 5) is 26.3. The van der Waals surface area contributed by atoms with Crippen LogP contribution in [0.15, 0.2) is 59.5 Å². The van der Waals surface area contributed by atoms with Gasteiger partial charge < -0.3 is 5.32 Å². The summed E-state index contributed by atoms with van der Waals surface area (Å²) in [5, 5.41) is 2.59. The lowest BCUT2D eigenvalue weighted by atomic mass is 10.1. The fraction of sp³-hybridized carbons (Fsp3) is 0.222. The molecule has 1 saturated heterocycles. The van der Waals surface area contributed by atoms with Crippen molar-refractivity contribution in [3.63, 3.8) is 0 Å². The number of carbonyl (C=O) groups excluding carboxylic acids is 2. The van der Waals surface area contributed by atoms with Crippen molar-refractivity contribution < 1.29 is 14.0 Å². The van der Waals surface area contributed by atoms with Crippen molar-refractivity contribution >= 4 is 23.7 Å². The van der Waals surface area contributed by atoms with E-state index in [1.54, 1.807) is 12.1 Å². The van der Waals surface area contributed by atoms with Gasteiger partial charge in [0.1, 0.15) is 11.2 Å². The Bertz CT molecular complexity index is 736. The van der Waals surface area contributed by atoms with Crippen molar-refractivity contribution in [3.05, 3.63) is 66.0 Å². The summed E-state index contributed by atoms with van der Waals surface area (Å²) in [5.41, 5.74) is 0.974. The predicted molar refractivity (Wildman–Crippen MR) is 90.9 cm³/mol. The van der Waals surface area contributed by atoms with Crippen molar-refractivity contribution in [2.24, 2.45) is 0 Å². The van der Waals surface area contributed by atoms with E-state index in [0.29, 0.717) is 6.42 Å². The number of carbonyl (C=O) groups is 2. The third kappa shape index (κ3) is 3.59. The lowest BCUT2D eigenvalue weighted by molar-refractivity contribution is -0.137. The second-order valence-corrected chi connectivity index (χ2v) is 6.83. The van der Waals surface area contributed by atoms with Gasteiger partial charge in [-0.3, -0.25) is 9.69 Å². The van der Waals surface area contributed by atoms with Crippen LogP contribution in [-0.4, -0.2) is 22.2 Å². The number of hydrogen-bond donors (Lipinski definition) is 1. The molecule has 1 N–H and O–H groups in total. The maximum absolute atomic E-state index is 13.0. The second kappa shape index (κ2) is 7.05. The van der Waals surface area contributed by atoms with Crippen molar-refractivity contribution in [1.82, 2.24) is 10.2 Å². The van der Waals surface area contributed by atoms with Crippen molar-refractivity contribution in [1.29, 1.82) is 0 Å². The summed E-state index contributed by atoms with van der Waals surface area (Å²) in [5.74, 6) is -0.511. The Balaban J connectivity index is 1.62. The van der Waals surface area contributed by atoms with E-state index in [-0.39, 0.29) is 23.1 Å². The van der Waals surface area contributed by atoms with Gasteiger partial charge in [0.25, 0.3) is 0 Å². The quantitative estimate of drug-likeness (QED) is 0.855. The molecule has 0 spiro atoms. The van der Waals surface area contributed by atoms with E-state index in [1.807, 2.05) is 37.3 Å². The Kier molecular flexibility index (Phi) is 4.85. The Hall–Kier alpha value is -2.34. The number of β-lactam (4-membered cyclic amide) rings is 1. The van der Waals surface area contributed by atoms with Crippen LogP contribution in [0.25, 0.3) is 0 Å². The van der Waals surface area contributed by atoms with Gasteiger partial charge in [0.15, 0.2) is 0 Å². The smallest absolute Gasteiger partial charge is 0.325 e. The first-order valence-electron chi connectivity index (χ1n) is 7.64. The third-order valence-corrected chi connectivity index (χ3v) is 5.04. The largest absolute Gasteiger partial charge is 0.331 e. The molecular weight excluding hydrogens is 327 g/mol. The number of nitrogens with one attached hydrogen (secondary N) is 1. The number of halogens is 1. The van der Waals surface area contributed by atoms with Crippen LogP contribution in [0, 0.1) is 5.82 Å². The van der Waals surface area contributed by atoms with Crippen LogP contribution in [0.2, 0.25) is 0 Å². The van der Waals surface area contributed by atoms with Crippen LogP contribution in [0.3, 0.4) is 0 Å². The molecule has 2 atom stereocenters. The molecule has 1 heterocycles. The summed E-state index contributed by atoms with van der Waals surface area (Å²) in [6, 6.07) is 15.0. The van der Waals surface area contributed by atoms with E-state index in [0.717, 1.165) is 10.5 Å². The van der Waals surface area contributed by atoms with Gasteiger partial charge in [-0.25, -0.2) is 9.18 Å². The standard InChI is InChI=1S/C18H17FN2O2S/c1-12(13-5-3-2-4-6-13)20-18(23)21-16(22)11-17(21)24-15-9-7-14(19)8-10-15/h2-10,12,17H,11H2,1H3,(H,20,23)/t12-,17+/m1/s1. The molecule has 0 bridgehead atoms. The van der Waals surface area contributed by atoms with E-state index >= 15 is 0 Å². The van der Waals surface area contributed by atoms with E-state index < -0.39 is 6.03 Å². The highest BCUT2D eigenvalue weighted by Gasteiger charge is 2.41. The van der Waals surface area contributed by atoms with Crippen LogP contribution < -0.4 is 5.32 Å². The van der Waals surface area contributed by atoms with Crippen LogP contribution in [-0.2, 0) is 4.79 Å².